The number of carbonyl (C=O) groups excluding carboxylic acids is 1. The SMILES string of the molecule is Cc1cc(C)c(S(=O)(=O)N(CC(=O)N/N=C/c2ccccc2)Cc2ccc(Cl)cc2)c(C)c1. The lowest BCUT2D eigenvalue weighted by Crippen LogP contribution is -2.39. The molecule has 0 aliphatic heterocycles. The number of amides is 1. The molecule has 0 atom stereocenters. The van der Waals surface area contributed by atoms with E-state index in [2.05, 4.69) is 10.5 Å². The summed E-state index contributed by atoms with van der Waals surface area (Å²) in [6.45, 7) is 5.07. The maximum absolute atomic E-state index is 13.7. The van der Waals surface area contributed by atoms with Crippen LogP contribution in [0.3, 0.4) is 0 Å². The Balaban J connectivity index is 1.88. The molecule has 0 bridgehead atoms. The highest BCUT2D eigenvalue weighted by Gasteiger charge is 2.30. The minimum absolute atomic E-state index is 0.0160. The van der Waals surface area contributed by atoms with E-state index in [1.165, 1.54) is 6.21 Å². The molecule has 0 heterocycles. The molecule has 3 aromatic carbocycles. The lowest BCUT2D eigenvalue weighted by molar-refractivity contribution is -0.121. The molecule has 0 unspecified atom stereocenters. The predicted octanol–water partition coefficient (Wildman–Crippen LogP) is 4.61. The maximum Gasteiger partial charge on any atom is 0.255 e. The van der Waals surface area contributed by atoms with Crippen LogP contribution in [0.4, 0.5) is 0 Å². The average Bonchev–Trinajstić information content (AvgIpc) is 2.74. The van der Waals surface area contributed by atoms with Crippen LogP contribution in [0.1, 0.15) is 27.8 Å². The molecule has 0 saturated heterocycles. The van der Waals surface area contributed by atoms with Gasteiger partial charge in [0.2, 0.25) is 10.0 Å². The highest BCUT2D eigenvalue weighted by atomic mass is 35.5. The van der Waals surface area contributed by atoms with Crippen LogP contribution in [0.2, 0.25) is 5.02 Å². The fourth-order valence-corrected chi connectivity index (χ4v) is 5.56. The number of rotatable bonds is 8. The Hall–Kier alpha value is -3.00. The number of nitrogens with zero attached hydrogens (tertiary/aromatic N) is 2. The van der Waals surface area contributed by atoms with Crippen molar-refractivity contribution < 1.29 is 13.2 Å². The van der Waals surface area contributed by atoms with Crippen molar-refractivity contribution in [3.05, 3.63) is 99.6 Å². The molecule has 6 nitrogen and oxygen atoms in total. The Labute approximate surface area is 200 Å². The van der Waals surface area contributed by atoms with Gasteiger partial charge in [-0.25, -0.2) is 13.8 Å². The molecule has 0 aliphatic rings. The van der Waals surface area contributed by atoms with Crippen LogP contribution in [0, 0.1) is 20.8 Å². The summed E-state index contributed by atoms with van der Waals surface area (Å²) in [5.74, 6) is -0.540. The van der Waals surface area contributed by atoms with Crippen molar-refractivity contribution in [2.75, 3.05) is 6.54 Å². The number of nitrogens with one attached hydrogen (secondary N) is 1. The van der Waals surface area contributed by atoms with E-state index < -0.39 is 15.9 Å². The number of aryl methyl sites for hydroxylation is 3. The Morgan fingerprint density at radius 3 is 2.21 bits per heavy atom. The second kappa shape index (κ2) is 10.7. The standard InChI is InChI=1S/C25H26ClN3O3S/c1-18-13-19(2)25(20(3)14-18)33(31,32)29(16-22-9-11-23(26)12-10-22)17-24(30)28-27-15-21-7-5-4-6-8-21/h4-15H,16-17H2,1-3H3,(H,28,30)/b27-15+. The highest BCUT2D eigenvalue weighted by Crippen LogP contribution is 2.26. The molecule has 0 aromatic heterocycles. The van der Waals surface area contributed by atoms with E-state index in [1.807, 2.05) is 49.4 Å². The zero-order valence-electron chi connectivity index (χ0n) is 18.7. The van der Waals surface area contributed by atoms with Crippen LogP contribution in [0.15, 0.2) is 76.7 Å². The summed E-state index contributed by atoms with van der Waals surface area (Å²) in [7, 11) is -3.97. The van der Waals surface area contributed by atoms with Gasteiger partial charge in [-0.1, -0.05) is 71.8 Å². The summed E-state index contributed by atoms with van der Waals surface area (Å²) in [5, 5.41) is 4.50. The molecule has 0 radical (unpaired) electrons. The Bertz CT molecular complexity index is 1230. The van der Waals surface area contributed by atoms with Crippen molar-refractivity contribution >= 4 is 33.7 Å². The van der Waals surface area contributed by atoms with Gasteiger partial charge in [-0.2, -0.15) is 9.41 Å². The summed E-state index contributed by atoms with van der Waals surface area (Å²) in [6.07, 6.45) is 1.50. The third-order valence-corrected chi connectivity index (χ3v) is 7.35. The van der Waals surface area contributed by atoms with E-state index in [4.69, 9.17) is 11.6 Å². The first-order valence-corrected chi connectivity index (χ1v) is 12.2. The first kappa shape index (κ1) is 24.6. The molecule has 0 aliphatic carbocycles. The molecule has 3 aromatic rings. The molecule has 3 rings (SSSR count). The normalized spacial score (nSPS) is 11.8. The fourth-order valence-electron chi connectivity index (χ4n) is 3.64. The molecule has 0 fully saturated rings. The first-order valence-electron chi connectivity index (χ1n) is 10.4. The lowest BCUT2D eigenvalue weighted by atomic mass is 10.1. The van der Waals surface area contributed by atoms with Crippen LogP contribution in [0.5, 0.6) is 0 Å². The summed E-state index contributed by atoms with van der Waals surface area (Å²) in [4.78, 5) is 12.8. The van der Waals surface area contributed by atoms with Crippen molar-refractivity contribution in [2.45, 2.75) is 32.2 Å². The van der Waals surface area contributed by atoms with E-state index in [-0.39, 0.29) is 18.0 Å². The van der Waals surface area contributed by atoms with Crippen molar-refractivity contribution in [3.63, 3.8) is 0 Å². The number of hydrazone groups is 1. The summed E-state index contributed by atoms with van der Waals surface area (Å²) >= 11 is 5.97. The predicted molar refractivity (Wildman–Crippen MR) is 132 cm³/mol. The summed E-state index contributed by atoms with van der Waals surface area (Å²) in [5.41, 5.74) is 6.19. The molecule has 33 heavy (non-hydrogen) atoms. The van der Waals surface area contributed by atoms with Crippen LogP contribution >= 0.6 is 11.6 Å². The Morgan fingerprint density at radius 1 is 1.00 bits per heavy atom. The summed E-state index contributed by atoms with van der Waals surface area (Å²) in [6, 6.07) is 19.8. The quantitative estimate of drug-likeness (QED) is 0.375. The maximum atomic E-state index is 13.7. The van der Waals surface area contributed by atoms with E-state index in [0.29, 0.717) is 21.7 Å². The zero-order chi connectivity index (χ0) is 24.0. The number of hydrogen-bond acceptors (Lipinski definition) is 4. The van der Waals surface area contributed by atoms with Gasteiger partial charge in [-0.15, -0.1) is 0 Å². The van der Waals surface area contributed by atoms with E-state index in [0.717, 1.165) is 15.4 Å². The number of sulfonamides is 1. The Kier molecular flexibility index (Phi) is 8.02. The van der Waals surface area contributed by atoms with Gasteiger partial charge >= 0.3 is 0 Å². The van der Waals surface area contributed by atoms with Crippen LogP contribution < -0.4 is 5.43 Å². The lowest BCUT2D eigenvalue weighted by Gasteiger charge is -2.24. The topological polar surface area (TPSA) is 78.8 Å². The van der Waals surface area contributed by atoms with E-state index in [1.54, 1.807) is 38.1 Å². The second-order valence-corrected chi connectivity index (χ2v) is 10.1. The molecule has 0 spiro atoms. The monoisotopic (exact) mass is 483 g/mol. The van der Waals surface area contributed by atoms with Gasteiger partial charge in [0.1, 0.15) is 0 Å². The number of halogens is 1. The number of carbonyl (C=O) groups is 1. The van der Waals surface area contributed by atoms with Gasteiger partial charge in [-0.3, -0.25) is 4.79 Å². The fraction of sp³-hybridized carbons (Fsp3) is 0.200. The van der Waals surface area contributed by atoms with Crippen molar-refractivity contribution in [1.82, 2.24) is 9.73 Å². The van der Waals surface area contributed by atoms with E-state index >= 15 is 0 Å². The third-order valence-electron chi connectivity index (χ3n) is 5.00. The van der Waals surface area contributed by atoms with Gasteiger partial charge < -0.3 is 0 Å². The molecule has 0 saturated carbocycles. The number of benzene rings is 3. The molecule has 8 heteroatoms. The zero-order valence-corrected chi connectivity index (χ0v) is 20.3. The molecule has 172 valence electrons. The molecule has 1 amide bonds. The largest absolute Gasteiger partial charge is 0.272 e. The molecular formula is C25H26ClN3O3S. The minimum atomic E-state index is -3.97. The third kappa shape index (κ3) is 6.51. The second-order valence-electron chi connectivity index (χ2n) is 7.83. The average molecular weight is 484 g/mol. The first-order chi connectivity index (χ1) is 15.7. The van der Waals surface area contributed by atoms with Gasteiger partial charge in [0.25, 0.3) is 5.91 Å². The van der Waals surface area contributed by atoms with Crippen LogP contribution in [0.25, 0.3) is 0 Å². The highest BCUT2D eigenvalue weighted by molar-refractivity contribution is 7.89. The van der Waals surface area contributed by atoms with Crippen molar-refractivity contribution in [2.24, 2.45) is 5.10 Å². The smallest absolute Gasteiger partial charge is 0.255 e. The van der Waals surface area contributed by atoms with Gasteiger partial charge in [-0.05, 0) is 55.2 Å². The summed E-state index contributed by atoms with van der Waals surface area (Å²) < 4.78 is 28.5. The van der Waals surface area contributed by atoms with Gasteiger partial charge in [0, 0.05) is 11.6 Å². The van der Waals surface area contributed by atoms with Crippen LogP contribution in [-0.2, 0) is 21.4 Å². The van der Waals surface area contributed by atoms with Crippen molar-refractivity contribution in [1.29, 1.82) is 0 Å². The molecule has 1 N–H and O–H groups in total. The van der Waals surface area contributed by atoms with E-state index in [9.17, 15) is 13.2 Å². The Morgan fingerprint density at radius 2 is 1.61 bits per heavy atom. The van der Waals surface area contributed by atoms with Crippen LogP contribution in [-0.4, -0.2) is 31.4 Å². The number of hydrogen-bond donors (Lipinski definition) is 1. The van der Waals surface area contributed by atoms with Crippen molar-refractivity contribution in [3.8, 4) is 0 Å². The van der Waals surface area contributed by atoms with Gasteiger partial charge in [0.05, 0.1) is 17.7 Å². The molecular weight excluding hydrogens is 458 g/mol. The van der Waals surface area contributed by atoms with Gasteiger partial charge in [0.15, 0.2) is 0 Å². The minimum Gasteiger partial charge on any atom is -0.272 e.